The monoisotopic (exact) mass is 609 g/mol. The number of aryl methyl sites for hydroxylation is 1. The Balaban J connectivity index is 1.03. The SMILES string of the molecule is C=CC(=O)N1CCN(C2CN3c4cc(N5CCC6(CC5)OC5(COC5)Cn5ncc(C)c56)nc(C(F)F)c4CCCC23)CC1. The van der Waals surface area contributed by atoms with Crippen molar-refractivity contribution in [2.24, 2.45) is 0 Å². The molecule has 6 aliphatic rings. The zero-order valence-electron chi connectivity index (χ0n) is 25.4. The Bertz CT molecular complexity index is 1460. The molecular formula is C32H41F2N7O3. The van der Waals surface area contributed by atoms with Crippen LogP contribution in [0.25, 0.3) is 0 Å². The third kappa shape index (κ3) is 4.39. The molecule has 2 unspecified atom stereocenters. The van der Waals surface area contributed by atoms with Gasteiger partial charge in [0.05, 0.1) is 31.6 Å². The first kappa shape index (κ1) is 28.4. The predicted molar refractivity (Wildman–Crippen MR) is 160 cm³/mol. The van der Waals surface area contributed by atoms with Gasteiger partial charge in [-0.05, 0) is 50.7 Å². The van der Waals surface area contributed by atoms with Gasteiger partial charge in [-0.2, -0.15) is 5.10 Å². The Morgan fingerprint density at radius 1 is 1.14 bits per heavy atom. The fourth-order valence-corrected chi connectivity index (χ4v) is 8.70. The van der Waals surface area contributed by atoms with Crippen LogP contribution >= 0.6 is 0 Å². The van der Waals surface area contributed by atoms with Crippen LogP contribution in [-0.4, -0.2) is 107 Å². The molecule has 0 bridgehead atoms. The quantitative estimate of drug-likeness (QED) is 0.490. The summed E-state index contributed by atoms with van der Waals surface area (Å²) in [5.41, 5.74) is 3.04. The van der Waals surface area contributed by atoms with E-state index in [-0.39, 0.29) is 23.2 Å². The fourth-order valence-electron chi connectivity index (χ4n) is 8.70. The molecule has 4 saturated heterocycles. The maximum absolute atomic E-state index is 14.6. The summed E-state index contributed by atoms with van der Waals surface area (Å²) in [5, 5.41) is 4.67. The molecule has 0 aliphatic carbocycles. The average Bonchev–Trinajstić information content (AvgIpc) is 3.32. The third-order valence-corrected chi connectivity index (χ3v) is 11.0. The van der Waals surface area contributed by atoms with Crippen molar-refractivity contribution in [3.05, 3.63) is 47.4 Å². The average molecular weight is 610 g/mol. The summed E-state index contributed by atoms with van der Waals surface area (Å²) in [6.07, 6.45) is 4.60. The van der Waals surface area contributed by atoms with E-state index in [4.69, 9.17) is 9.47 Å². The van der Waals surface area contributed by atoms with Crippen LogP contribution in [0.15, 0.2) is 24.9 Å². The molecule has 2 atom stereocenters. The highest BCUT2D eigenvalue weighted by atomic mass is 19.3. The minimum absolute atomic E-state index is 0.0150. The summed E-state index contributed by atoms with van der Waals surface area (Å²) in [6.45, 7) is 12.7. The van der Waals surface area contributed by atoms with Gasteiger partial charge in [0.1, 0.15) is 22.7 Å². The molecule has 0 N–H and O–H groups in total. The smallest absolute Gasteiger partial charge is 0.280 e. The van der Waals surface area contributed by atoms with Crippen molar-refractivity contribution in [1.29, 1.82) is 0 Å². The molecular weight excluding hydrogens is 568 g/mol. The molecule has 12 heteroatoms. The van der Waals surface area contributed by atoms with E-state index >= 15 is 0 Å². The number of ether oxygens (including phenoxy) is 2. The van der Waals surface area contributed by atoms with Gasteiger partial charge in [-0.3, -0.25) is 14.4 Å². The third-order valence-electron chi connectivity index (χ3n) is 11.0. The molecule has 44 heavy (non-hydrogen) atoms. The highest BCUT2D eigenvalue weighted by molar-refractivity contribution is 5.87. The van der Waals surface area contributed by atoms with Gasteiger partial charge in [0.25, 0.3) is 6.43 Å². The van der Waals surface area contributed by atoms with E-state index in [1.54, 1.807) is 0 Å². The first-order chi connectivity index (χ1) is 21.3. The minimum Gasteiger partial charge on any atom is -0.375 e. The van der Waals surface area contributed by atoms with Crippen LogP contribution in [0.2, 0.25) is 0 Å². The number of pyridine rings is 1. The van der Waals surface area contributed by atoms with Crippen LogP contribution in [0.4, 0.5) is 20.3 Å². The summed E-state index contributed by atoms with van der Waals surface area (Å²) < 4.78 is 43.7. The standard InChI is InChI=1S/C32H41F2N7O3/c1-3-27(42)39-13-11-37(12-14-39)25-17-40-23(25)6-4-5-22-24(40)15-26(36-28(22)30(33)34)38-9-7-32(8-10-38)29-21(2)16-35-41(29)18-31(44-32)19-43-20-31/h3,15-16,23,25,30H,1,4-14,17-20H2,2H3. The summed E-state index contributed by atoms with van der Waals surface area (Å²) >= 11 is 0. The number of hydrogen-bond donors (Lipinski definition) is 0. The molecule has 236 valence electrons. The first-order valence-corrected chi connectivity index (χ1v) is 16.1. The van der Waals surface area contributed by atoms with Gasteiger partial charge in [-0.1, -0.05) is 6.58 Å². The van der Waals surface area contributed by atoms with Crippen LogP contribution in [0.3, 0.4) is 0 Å². The molecule has 2 aromatic heterocycles. The van der Waals surface area contributed by atoms with E-state index in [0.717, 1.165) is 62.3 Å². The number of aromatic nitrogens is 3. The largest absolute Gasteiger partial charge is 0.375 e. The molecule has 1 amide bonds. The lowest BCUT2D eigenvalue weighted by Crippen LogP contribution is -2.69. The van der Waals surface area contributed by atoms with Crippen LogP contribution in [0, 0.1) is 6.92 Å². The fraction of sp³-hybridized carbons (Fsp3) is 0.656. The first-order valence-electron chi connectivity index (χ1n) is 16.1. The lowest BCUT2D eigenvalue weighted by atomic mass is 9.82. The second-order valence-electron chi connectivity index (χ2n) is 13.5. The van der Waals surface area contributed by atoms with Crippen molar-refractivity contribution in [2.45, 2.75) is 75.3 Å². The second-order valence-corrected chi connectivity index (χ2v) is 13.5. The number of rotatable bonds is 4. The Kier molecular flexibility index (Phi) is 6.77. The van der Waals surface area contributed by atoms with Crippen molar-refractivity contribution in [2.75, 3.05) is 68.8 Å². The van der Waals surface area contributed by atoms with E-state index in [1.165, 1.54) is 6.08 Å². The Labute approximate surface area is 256 Å². The Morgan fingerprint density at radius 2 is 1.91 bits per heavy atom. The van der Waals surface area contributed by atoms with Crippen molar-refractivity contribution in [1.82, 2.24) is 24.6 Å². The van der Waals surface area contributed by atoms with Crippen molar-refractivity contribution >= 4 is 17.4 Å². The number of alkyl halides is 2. The van der Waals surface area contributed by atoms with E-state index in [9.17, 15) is 13.6 Å². The van der Waals surface area contributed by atoms with Gasteiger partial charge in [0.15, 0.2) is 0 Å². The van der Waals surface area contributed by atoms with Gasteiger partial charge >= 0.3 is 0 Å². The highest BCUT2D eigenvalue weighted by Crippen LogP contribution is 2.49. The number of nitrogens with zero attached hydrogens (tertiary/aromatic N) is 7. The summed E-state index contributed by atoms with van der Waals surface area (Å²) in [4.78, 5) is 25.6. The van der Waals surface area contributed by atoms with Gasteiger partial charge in [-0.15, -0.1) is 0 Å². The molecule has 2 spiro atoms. The molecule has 2 aromatic rings. The second kappa shape index (κ2) is 10.5. The molecule has 8 heterocycles. The van der Waals surface area contributed by atoms with Gasteiger partial charge in [0, 0.05) is 75.2 Å². The number of halogens is 2. The van der Waals surface area contributed by atoms with Crippen molar-refractivity contribution < 1.29 is 23.0 Å². The highest BCUT2D eigenvalue weighted by Gasteiger charge is 2.55. The number of amides is 1. The van der Waals surface area contributed by atoms with E-state index in [0.29, 0.717) is 69.8 Å². The number of piperazine rings is 1. The Morgan fingerprint density at radius 3 is 2.59 bits per heavy atom. The van der Waals surface area contributed by atoms with E-state index < -0.39 is 12.0 Å². The number of fused-ring (bicyclic) bond motifs is 5. The maximum Gasteiger partial charge on any atom is 0.280 e. The molecule has 0 aromatic carbocycles. The summed E-state index contributed by atoms with van der Waals surface area (Å²) in [7, 11) is 0. The molecule has 10 nitrogen and oxygen atoms in total. The lowest BCUT2D eigenvalue weighted by molar-refractivity contribution is -0.291. The summed E-state index contributed by atoms with van der Waals surface area (Å²) in [5.74, 6) is 0.621. The van der Waals surface area contributed by atoms with Crippen molar-refractivity contribution in [3.63, 3.8) is 0 Å². The summed E-state index contributed by atoms with van der Waals surface area (Å²) in [6, 6.07) is 2.72. The molecule has 8 rings (SSSR count). The van der Waals surface area contributed by atoms with Gasteiger partial charge in [-0.25, -0.2) is 13.8 Å². The van der Waals surface area contributed by atoms with Gasteiger partial charge in [0.2, 0.25) is 5.91 Å². The molecule has 6 aliphatic heterocycles. The van der Waals surface area contributed by atoms with Crippen LogP contribution in [-0.2, 0) is 32.8 Å². The van der Waals surface area contributed by atoms with E-state index in [2.05, 4.69) is 49.0 Å². The minimum atomic E-state index is -2.62. The van der Waals surface area contributed by atoms with E-state index in [1.807, 2.05) is 11.1 Å². The van der Waals surface area contributed by atoms with Crippen LogP contribution in [0.5, 0.6) is 0 Å². The molecule has 0 saturated carbocycles. The van der Waals surface area contributed by atoms with Crippen LogP contribution in [0.1, 0.15) is 54.6 Å². The lowest BCUT2D eigenvalue weighted by Gasteiger charge is -2.55. The maximum atomic E-state index is 14.6. The normalized spacial score (nSPS) is 27.3. The predicted octanol–water partition coefficient (Wildman–Crippen LogP) is 3.04. The number of piperidine rings is 1. The topological polar surface area (TPSA) is 79.2 Å². The number of anilines is 2. The zero-order chi connectivity index (χ0) is 30.2. The number of hydrogen-bond acceptors (Lipinski definition) is 8. The number of carbonyl (C=O) groups excluding carboxylic acids is 1. The molecule has 0 radical (unpaired) electrons. The Hall–Kier alpha value is -3.09. The van der Waals surface area contributed by atoms with Crippen molar-refractivity contribution in [3.8, 4) is 0 Å². The number of carbonyl (C=O) groups is 1. The zero-order valence-corrected chi connectivity index (χ0v) is 25.4. The van der Waals surface area contributed by atoms with Crippen LogP contribution < -0.4 is 9.80 Å². The van der Waals surface area contributed by atoms with Gasteiger partial charge < -0.3 is 24.2 Å². The molecule has 4 fully saturated rings.